The van der Waals surface area contributed by atoms with Crippen LogP contribution in [0.2, 0.25) is 0 Å². The van der Waals surface area contributed by atoms with Crippen LogP contribution in [0.5, 0.6) is 11.5 Å². The van der Waals surface area contributed by atoms with E-state index in [0.717, 1.165) is 5.56 Å². The molecule has 0 bridgehead atoms. The number of Topliss-reactive ketones (excluding diaryl/α,β-unsaturated/α-hetero) is 1. The summed E-state index contributed by atoms with van der Waals surface area (Å²) in [6.45, 7) is 2.87. The van der Waals surface area contributed by atoms with Crippen molar-refractivity contribution in [3.05, 3.63) is 59.7 Å². The number of ether oxygens (including phenoxy) is 3. The van der Waals surface area contributed by atoms with E-state index in [2.05, 4.69) is 0 Å². The van der Waals surface area contributed by atoms with Crippen molar-refractivity contribution in [1.29, 1.82) is 0 Å². The zero-order valence-corrected chi connectivity index (χ0v) is 16.8. The van der Waals surface area contributed by atoms with Crippen molar-refractivity contribution in [3.8, 4) is 11.5 Å². The Bertz CT molecular complexity index is 832. The Kier molecular flexibility index (Phi) is 7.08. The summed E-state index contributed by atoms with van der Waals surface area (Å²) in [6.07, 6.45) is -0.320. The lowest BCUT2D eigenvalue weighted by molar-refractivity contribution is 0.0678. The van der Waals surface area contributed by atoms with Gasteiger partial charge in [0.05, 0.1) is 20.8 Å². The fourth-order valence-corrected chi connectivity index (χ4v) is 3.20. The van der Waals surface area contributed by atoms with Gasteiger partial charge in [-0.2, -0.15) is 0 Å². The Hall–Kier alpha value is -3.06. The summed E-state index contributed by atoms with van der Waals surface area (Å²) in [5, 5.41) is 0. The summed E-state index contributed by atoms with van der Waals surface area (Å²) in [7, 11) is 3.10. The predicted octanol–water partition coefficient (Wildman–Crippen LogP) is 2.84. The molecule has 0 radical (unpaired) electrons. The Morgan fingerprint density at radius 1 is 0.897 bits per heavy atom. The van der Waals surface area contributed by atoms with Crippen molar-refractivity contribution in [2.75, 3.05) is 46.9 Å². The van der Waals surface area contributed by atoms with Gasteiger partial charge in [0.25, 0.3) is 0 Å². The zero-order valence-electron chi connectivity index (χ0n) is 16.8. The molecule has 0 atom stereocenters. The highest BCUT2D eigenvalue weighted by atomic mass is 16.6. The van der Waals surface area contributed by atoms with Crippen molar-refractivity contribution < 1.29 is 23.8 Å². The topological polar surface area (TPSA) is 68.3 Å². The van der Waals surface area contributed by atoms with E-state index in [1.807, 2.05) is 35.2 Å². The molecule has 29 heavy (non-hydrogen) atoms. The summed E-state index contributed by atoms with van der Waals surface area (Å²) < 4.78 is 15.8. The molecule has 1 heterocycles. The molecule has 1 saturated heterocycles. The van der Waals surface area contributed by atoms with Crippen molar-refractivity contribution in [1.82, 2.24) is 9.80 Å². The Balaban J connectivity index is 1.47. The third kappa shape index (κ3) is 5.48. The van der Waals surface area contributed by atoms with Gasteiger partial charge < -0.3 is 19.1 Å². The molecule has 2 aromatic rings. The lowest BCUT2D eigenvalue weighted by atomic mass is 10.1. The molecule has 0 N–H and O–H groups in total. The first-order valence-corrected chi connectivity index (χ1v) is 9.54. The third-order valence-electron chi connectivity index (χ3n) is 4.91. The normalized spacial score (nSPS) is 14.3. The van der Waals surface area contributed by atoms with Gasteiger partial charge in [0.1, 0.15) is 6.61 Å². The molecule has 154 valence electrons. The van der Waals surface area contributed by atoms with Crippen LogP contribution in [-0.4, -0.2) is 68.6 Å². The van der Waals surface area contributed by atoms with Crippen LogP contribution in [0.4, 0.5) is 4.79 Å². The number of nitrogens with zero attached hydrogens (tertiary/aromatic N) is 2. The largest absolute Gasteiger partial charge is 0.493 e. The highest BCUT2D eigenvalue weighted by Gasteiger charge is 2.24. The summed E-state index contributed by atoms with van der Waals surface area (Å²) in [4.78, 5) is 28.6. The van der Waals surface area contributed by atoms with E-state index >= 15 is 0 Å². The van der Waals surface area contributed by atoms with Crippen LogP contribution in [0.15, 0.2) is 48.5 Å². The maximum atomic E-state index is 12.6. The van der Waals surface area contributed by atoms with Gasteiger partial charge in [-0.1, -0.05) is 30.3 Å². The number of methoxy groups -OCH3 is 2. The fraction of sp³-hybridized carbons (Fsp3) is 0.364. The van der Waals surface area contributed by atoms with Gasteiger partial charge in [0.15, 0.2) is 17.3 Å². The lowest BCUT2D eigenvalue weighted by Gasteiger charge is -2.33. The van der Waals surface area contributed by atoms with Gasteiger partial charge in [-0.25, -0.2) is 4.79 Å². The van der Waals surface area contributed by atoms with Crippen LogP contribution in [0.3, 0.4) is 0 Å². The first kappa shape index (κ1) is 20.7. The zero-order chi connectivity index (χ0) is 20.6. The molecule has 0 saturated carbocycles. The number of hydrogen-bond acceptors (Lipinski definition) is 6. The molecule has 0 spiro atoms. The number of piperazine rings is 1. The molecular formula is C22H26N2O5. The quantitative estimate of drug-likeness (QED) is 0.668. The van der Waals surface area contributed by atoms with Crippen LogP contribution in [0, 0.1) is 0 Å². The highest BCUT2D eigenvalue weighted by Crippen LogP contribution is 2.27. The van der Waals surface area contributed by atoms with Crippen LogP contribution >= 0.6 is 0 Å². The van der Waals surface area contributed by atoms with E-state index in [-0.39, 0.29) is 18.5 Å². The van der Waals surface area contributed by atoms with Crippen molar-refractivity contribution in [2.24, 2.45) is 0 Å². The van der Waals surface area contributed by atoms with E-state index in [1.54, 1.807) is 37.3 Å². The molecule has 1 fully saturated rings. The minimum atomic E-state index is -0.320. The van der Waals surface area contributed by atoms with Gasteiger partial charge in [0, 0.05) is 31.7 Å². The monoisotopic (exact) mass is 398 g/mol. The maximum Gasteiger partial charge on any atom is 0.410 e. The molecular weight excluding hydrogens is 372 g/mol. The second-order valence-corrected chi connectivity index (χ2v) is 6.80. The summed E-state index contributed by atoms with van der Waals surface area (Å²) in [6, 6.07) is 14.8. The van der Waals surface area contributed by atoms with Gasteiger partial charge in [-0.15, -0.1) is 0 Å². The number of benzene rings is 2. The van der Waals surface area contributed by atoms with Crippen LogP contribution in [-0.2, 0) is 11.3 Å². The molecule has 7 nitrogen and oxygen atoms in total. The summed E-state index contributed by atoms with van der Waals surface area (Å²) in [5.41, 5.74) is 1.53. The second kappa shape index (κ2) is 9.93. The van der Waals surface area contributed by atoms with Crippen molar-refractivity contribution >= 4 is 11.9 Å². The molecule has 0 aliphatic carbocycles. The number of hydrogen-bond donors (Lipinski definition) is 0. The van der Waals surface area contributed by atoms with E-state index in [4.69, 9.17) is 14.2 Å². The Morgan fingerprint density at radius 2 is 1.59 bits per heavy atom. The number of carbonyl (C=O) groups excluding carboxylic acids is 2. The summed E-state index contributed by atoms with van der Waals surface area (Å²) >= 11 is 0. The first-order valence-electron chi connectivity index (χ1n) is 9.54. The Morgan fingerprint density at radius 3 is 2.24 bits per heavy atom. The standard InChI is InChI=1S/C22H26N2O5/c1-27-20-9-8-18(14-21(20)28-2)19(25)15-23-10-12-24(13-11-23)22(26)29-16-17-6-4-3-5-7-17/h3-9,14H,10-13,15-16H2,1-2H3. The molecule has 3 rings (SSSR count). The van der Waals surface area contributed by atoms with Gasteiger partial charge in [-0.05, 0) is 23.8 Å². The molecule has 1 aliphatic heterocycles. The first-order chi connectivity index (χ1) is 14.1. The maximum absolute atomic E-state index is 12.6. The van der Waals surface area contributed by atoms with Gasteiger partial charge in [-0.3, -0.25) is 9.69 Å². The minimum absolute atomic E-state index is 0.00561. The Labute approximate surface area is 170 Å². The van der Waals surface area contributed by atoms with Gasteiger partial charge >= 0.3 is 6.09 Å². The predicted molar refractivity (Wildman–Crippen MR) is 109 cm³/mol. The smallest absolute Gasteiger partial charge is 0.410 e. The molecule has 7 heteroatoms. The molecule has 2 aromatic carbocycles. The van der Waals surface area contributed by atoms with E-state index < -0.39 is 0 Å². The average Bonchev–Trinajstić information content (AvgIpc) is 2.78. The average molecular weight is 398 g/mol. The van der Waals surface area contributed by atoms with Crippen LogP contribution in [0.25, 0.3) is 0 Å². The van der Waals surface area contributed by atoms with Crippen LogP contribution < -0.4 is 9.47 Å². The highest BCUT2D eigenvalue weighted by molar-refractivity contribution is 5.98. The van der Waals surface area contributed by atoms with E-state index in [9.17, 15) is 9.59 Å². The number of ketones is 1. The van der Waals surface area contributed by atoms with Crippen LogP contribution in [0.1, 0.15) is 15.9 Å². The third-order valence-corrected chi connectivity index (χ3v) is 4.91. The summed E-state index contributed by atoms with van der Waals surface area (Å²) in [5.74, 6) is 1.13. The SMILES string of the molecule is COc1ccc(C(=O)CN2CCN(C(=O)OCc3ccccc3)CC2)cc1OC. The molecule has 1 amide bonds. The van der Waals surface area contributed by atoms with E-state index in [0.29, 0.717) is 49.8 Å². The minimum Gasteiger partial charge on any atom is -0.493 e. The molecule has 0 aromatic heterocycles. The number of rotatable bonds is 7. The lowest BCUT2D eigenvalue weighted by Crippen LogP contribution is -2.50. The van der Waals surface area contributed by atoms with Gasteiger partial charge in [0.2, 0.25) is 0 Å². The second-order valence-electron chi connectivity index (χ2n) is 6.80. The fourth-order valence-electron chi connectivity index (χ4n) is 3.20. The number of amides is 1. The number of carbonyl (C=O) groups is 2. The molecule has 0 unspecified atom stereocenters. The van der Waals surface area contributed by atoms with E-state index in [1.165, 1.54) is 0 Å². The molecule has 1 aliphatic rings. The van der Waals surface area contributed by atoms with Crippen molar-refractivity contribution in [2.45, 2.75) is 6.61 Å². The van der Waals surface area contributed by atoms with Crippen molar-refractivity contribution in [3.63, 3.8) is 0 Å².